The number of nitrogens with one attached hydrogen (secondary N) is 1. The highest BCUT2D eigenvalue weighted by Gasteiger charge is 2.53. The van der Waals surface area contributed by atoms with Crippen LogP contribution in [0.1, 0.15) is 284 Å². The molecule has 3 fully saturated rings. The van der Waals surface area contributed by atoms with Gasteiger partial charge in [0.25, 0.3) is 0 Å². The van der Waals surface area contributed by atoms with E-state index in [9.17, 15) is 61.0 Å². The van der Waals surface area contributed by atoms with Gasteiger partial charge in [0.1, 0.15) is 73.2 Å². The first-order chi connectivity index (χ1) is 44.3. The molecule has 17 atom stereocenters. The van der Waals surface area contributed by atoms with Crippen molar-refractivity contribution in [1.82, 2.24) is 5.32 Å². The van der Waals surface area contributed by atoms with E-state index in [1.54, 1.807) is 0 Å². The van der Waals surface area contributed by atoms with Crippen LogP contribution in [-0.4, -0.2) is 193 Å². The Morgan fingerprint density at radius 1 is 0.407 bits per heavy atom. The molecule has 0 radical (unpaired) electrons. The van der Waals surface area contributed by atoms with Crippen LogP contribution in [0.4, 0.5) is 0 Å². The van der Waals surface area contributed by atoms with E-state index in [1.165, 1.54) is 186 Å². The second-order valence-electron chi connectivity index (χ2n) is 26.4. The van der Waals surface area contributed by atoms with E-state index < -0.39 is 124 Å². The second kappa shape index (κ2) is 54.1. The standard InChI is InChI=1S/C72H133NO18/c1-3-5-7-9-11-13-15-17-18-19-20-21-22-23-24-25-26-27-28-29-30-31-32-33-34-35-36-38-39-41-43-45-47-49-56(77)55(73-60(78)50-48-46-44-42-40-37-16-14-12-10-8-6-4-2)54-86-70-66(84)63(81)68(58(52-75)88-70)91-72-67(85)64(82)69(59(53-76)89-72)90-71-65(83)62(80)61(79)57(51-74)87-71/h6,8,12,14,37,40,55-59,61-72,74-77,79-85H,3-5,7,9-11,13,15-36,38-39,41-54H2,1-2H3,(H,73,78)/b8-6-,14-12-,40-37-. The highest BCUT2D eigenvalue weighted by molar-refractivity contribution is 5.76. The Kier molecular flexibility index (Phi) is 49.5. The molecular weight excluding hydrogens is 1170 g/mol. The minimum Gasteiger partial charge on any atom is -0.394 e. The SMILES string of the molecule is CC/C=C\C/C=C\C/C=C\CCCCCC(=O)NC(COC1OC(CO)C(OC2OC(CO)C(OC3OC(CO)C(O)C(O)C3O)C(O)C2O)C(O)C1O)C(O)CCCCCCCCCCCCCCCCCCCCCCCCCCCCCCCCCCC. The summed E-state index contributed by atoms with van der Waals surface area (Å²) >= 11 is 0. The van der Waals surface area contributed by atoms with Crippen LogP contribution in [0, 0.1) is 0 Å². The molecule has 0 spiro atoms. The number of aliphatic hydroxyl groups excluding tert-OH is 11. The Morgan fingerprint density at radius 3 is 1.18 bits per heavy atom. The summed E-state index contributed by atoms with van der Waals surface area (Å²) in [4.78, 5) is 13.4. The maximum atomic E-state index is 13.4. The van der Waals surface area contributed by atoms with E-state index in [1.807, 2.05) is 0 Å². The molecule has 3 aliphatic heterocycles. The fourth-order valence-corrected chi connectivity index (χ4v) is 12.6. The Bertz CT molecular complexity index is 1790. The molecule has 0 saturated carbocycles. The number of aliphatic hydroxyl groups is 11. The lowest BCUT2D eigenvalue weighted by Crippen LogP contribution is -2.66. The molecule has 91 heavy (non-hydrogen) atoms. The van der Waals surface area contributed by atoms with Gasteiger partial charge in [0, 0.05) is 6.42 Å². The van der Waals surface area contributed by atoms with Gasteiger partial charge < -0.3 is 89.9 Å². The summed E-state index contributed by atoms with van der Waals surface area (Å²) in [6, 6.07) is -0.903. The molecule has 17 unspecified atom stereocenters. The molecule has 3 aliphatic rings. The first kappa shape index (κ1) is 83.2. The van der Waals surface area contributed by atoms with Gasteiger partial charge in [-0.3, -0.25) is 4.79 Å². The molecule has 0 aromatic heterocycles. The predicted octanol–water partition coefficient (Wildman–Crippen LogP) is 10.4. The third kappa shape index (κ3) is 35.7. The van der Waals surface area contributed by atoms with Crippen LogP contribution in [0.2, 0.25) is 0 Å². The molecule has 0 aliphatic carbocycles. The number of unbranched alkanes of at least 4 members (excludes halogenated alkanes) is 35. The Labute approximate surface area is 549 Å². The van der Waals surface area contributed by atoms with Crippen molar-refractivity contribution >= 4 is 5.91 Å². The molecule has 3 heterocycles. The topological polar surface area (TPSA) is 307 Å². The number of rotatable bonds is 57. The second-order valence-corrected chi connectivity index (χ2v) is 26.4. The molecule has 19 nitrogen and oxygen atoms in total. The summed E-state index contributed by atoms with van der Waals surface area (Å²) in [6.07, 6.45) is 37.0. The Morgan fingerprint density at radius 2 is 0.758 bits per heavy atom. The lowest BCUT2D eigenvalue weighted by molar-refractivity contribution is -0.379. The monoisotopic (exact) mass is 1300 g/mol. The van der Waals surface area contributed by atoms with Crippen molar-refractivity contribution in [3.63, 3.8) is 0 Å². The first-order valence-electron chi connectivity index (χ1n) is 36.7. The van der Waals surface area contributed by atoms with E-state index in [0.717, 1.165) is 64.2 Å². The maximum Gasteiger partial charge on any atom is 0.220 e. The Hall–Kier alpha value is -1.99. The predicted molar refractivity (Wildman–Crippen MR) is 356 cm³/mol. The minimum absolute atomic E-state index is 0.231. The van der Waals surface area contributed by atoms with Crippen LogP contribution in [0.25, 0.3) is 0 Å². The molecule has 1 amide bonds. The number of hydrogen-bond acceptors (Lipinski definition) is 18. The van der Waals surface area contributed by atoms with Crippen molar-refractivity contribution in [3.8, 4) is 0 Å². The van der Waals surface area contributed by atoms with Crippen molar-refractivity contribution in [1.29, 1.82) is 0 Å². The van der Waals surface area contributed by atoms with Gasteiger partial charge in [-0.25, -0.2) is 0 Å². The zero-order chi connectivity index (χ0) is 66.1. The highest BCUT2D eigenvalue weighted by Crippen LogP contribution is 2.33. The van der Waals surface area contributed by atoms with Gasteiger partial charge in [0.05, 0.1) is 38.6 Å². The summed E-state index contributed by atoms with van der Waals surface area (Å²) in [5, 5.41) is 121. The van der Waals surface area contributed by atoms with Crippen molar-refractivity contribution in [3.05, 3.63) is 36.5 Å². The summed E-state index contributed by atoms with van der Waals surface area (Å²) < 4.78 is 34.4. The normalized spacial score (nSPS) is 28.0. The number of carbonyl (C=O) groups is 1. The summed E-state index contributed by atoms with van der Waals surface area (Å²) in [5.74, 6) is -0.270. The van der Waals surface area contributed by atoms with Crippen LogP contribution in [0.15, 0.2) is 36.5 Å². The molecule has 0 bridgehead atoms. The van der Waals surface area contributed by atoms with Gasteiger partial charge in [-0.05, 0) is 44.9 Å². The fraction of sp³-hybridized carbons (Fsp3) is 0.903. The lowest BCUT2D eigenvalue weighted by atomic mass is 9.96. The number of carbonyl (C=O) groups excluding carboxylic acids is 1. The minimum atomic E-state index is -1.98. The molecule has 0 aromatic carbocycles. The maximum absolute atomic E-state index is 13.4. The van der Waals surface area contributed by atoms with Gasteiger partial charge in [0.2, 0.25) is 5.91 Å². The van der Waals surface area contributed by atoms with Gasteiger partial charge in [-0.2, -0.15) is 0 Å². The number of ether oxygens (including phenoxy) is 6. The van der Waals surface area contributed by atoms with Gasteiger partial charge in [-0.15, -0.1) is 0 Å². The molecule has 3 saturated heterocycles. The fourth-order valence-electron chi connectivity index (χ4n) is 12.6. The quantitative estimate of drug-likeness (QED) is 0.0199. The molecular formula is C72H133NO18. The summed E-state index contributed by atoms with van der Waals surface area (Å²) in [5.41, 5.74) is 0. The van der Waals surface area contributed by atoms with Gasteiger partial charge in [0.15, 0.2) is 18.9 Å². The lowest BCUT2D eigenvalue weighted by Gasteiger charge is -2.48. The van der Waals surface area contributed by atoms with Crippen molar-refractivity contribution in [2.24, 2.45) is 0 Å². The average molecular weight is 1300 g/mol. The zero-order valence-corrected chi connectivity index (χ0v) is 56.6. The molecule has 0 aromatic rings. The summed E-state index contributed by atoms with van der Waals surface area (Å²) in [7, 11) is 0. The van der Waals surface area contributed by atoms with E-state index >= 15 is 0 Å². The zero-order valence-electron chi connectivity index (χ0n) is 56.6. The molecule has 19 heteroatoms. The molecule has 12 N–H and O–H groups in total. The number of amides is 1. The molecule has 3 rings (SSSR count). The average Bonchev–Trinajstić information content (AvgIpc) is 0.877. The van der Waals surface area contributed by atoms with Crippen LogP contribution in [-0.2, 0) is 33.2 Å². The Balaban J connectivity index is 1.34. The third-order valence-electron chi connectivity index (χ3n) is 18.5. The van der Waals surface area contributed by atoms with Gasteiger partial charge in [-0.1, -0.05) is 269 Å². The van der Waals surface area contributed by atoms with Crippen LogP contribution in [0.3, 0.4) is 0 Å². The first-order valence-corrected chi connectivity index (χ1v) is 36.7. The van der Waals surface area contributed by atoms with Crippen LogP contribution >= 0.6 is 0 Å². The van der Waals surface area contributed by atoms with Crippen LogP contribution < -0.4 is 5.32 Å². The number of allylic oxidation sites excluding steroid dienone is 6. The van der Waals surface area contributed by atoms with E-state index in [-0.39, 0.29) is 18.9 Å². The van der Waals surface area contributed by atoms with E-state index in [4.69, 9.17) is 28.4 Å². The largest absolute Gasteiger partial charge is 0.394 e. The van der Waals surface area contributed by atoms with E-state index in [2.05, 4.69) is 55.6 Å². The smallest absolute Gasteiger partial charge is 0.220 e. The number of hydrogen-bond donors (Lipinski definition) is 12. The molecule has 534 valence electrons. The van der Waals surface area contributed by atoms with Crippen LogP contribution in [0.5, 0.6) is 0 Å². The van der Waals surface area contributed by atoms with Crippen molar-refractivity contribution in [2.45, 2.75) is 388 Å². The van der Waals surface area contributed by atoms with Gasteiger partial charge >= 0.3 is 0 Å². The third-order valence-corrected chi connectivity index (χ3v) is 18.5. The van der Waals surface area contributed by atoms with Crippen molar-refractivity contribution in [2.75, 3.05) is 26.4 Å². The summed E-state index contributed by atoms with van der Waals surface area (Å²) in [6.45, 7) is 1.68. The van der Waals surface area contributed by atoms with E-state index in [0.29, 0.717) is 12.8 Å². The highest BCUT2D eigenvalue weighted by atomic mass is 16.8. The van der Waals surface area contributed by atoms with Crippen molar-refractivity contribution < 1.29 is 89.4 Å².